The topological polar surface area (TPSA) is 96.2 Å². The number of nitrogens with two attached hydrogens (primary N) is 1. The zero-order valence-corrected chi connectivity index (χ0v) is 23.7. The number of anilines is 1. The third-order valence-electron chi connectivity index (χ3n) is 8.46. The molecule has 38 heavy (non-hydrogen) atoms. The molecule has 3 saturated heterocycles. The largest absolute Gasteiger partial charge is 0.444 e. The molecule has 3 heterocycles. The molecule has 4 atom stereocenters. The van der Waals surface area contributed by atoms with Crippen LogP contribution in [0.2, 0.25) is 0 Å². The minimum atomic E-state index is -0.642. The van der Waals surface area contributed by atoms with Gasteiger partial charge >= 0.3 is 6.09 Å². The van der Waals surface area contributed by atoms with Gasteiger partial charge in [-0.2, -0.15) is 0 Å². The molecule has 1 aromatic carbocycles. The van der Waals surface area contributed by atoms with Gasteiger partial charge in [-0.25, -0.2) is 4.79 Å². The van der Waals surface area contributed by atoms with E-state index in [0.29, 0.717) is 19.0 Å². The number of likely N-dealkylation sites (tertiary alicyclic amines) is 1. The lowest BCUT2D eigenvalue weighted by atomic mass is 9.81. The molecule has 3 fully saturated rings. The van der Waals surface area contributed by atoms with Crippen molar-refractivity contribution >= 4 is 23.5 Å². The third-order valence-corrected chi connectivity index (χ3v) is 8.46. The van der Waals surface area contributed by atoms with Gasteiger partial charge in [0.15, 0.2) is 5.78 Å². The summed E-state index contributed by atoms with van der Waals surface area (Å²) in [6.45, 7) is 12.4. The van der Waals surface area contributed by atoms with Crippen LogP contribution in [0, 0.1) is 11.8 Å². The van der Waals surface area contributed by atoms with Crippen molar-refractivity contribution in [2.75, 3.05) is 37.6 Å². The molecule has 0 radical (unpaired) electrons. The molecular weight excluding hydrogens is 480 g/mol. The molecule has 0 saturated carbocycles. The van der Waals surface area contributed by atoms with Crippen molar-refractivity contribution in [1.29, 1.82) is 0 Å². The third kappa shape index (κ3) is 6.87. The molecule has 0 bridgehead atoms. The van der Waals surface area contributed by atoms with Gasteiger partial charge in [-0.3, -0.25) is 19.4 Å². The van der Waals surface area contributed by atoms with E-state index in [2.05, 4.69) is 34.1 Å². The Labute approximate surface area is 227 Å². The minimum absolute atomic E-state index is 0.0290. The van der Waals surface area contributed by atoms with Crippen LogP contribution in [0.1, 0.15) is 71.8 Å². The Bertz CT molecular complexity index is 989. The number of rotatable bonds is 8. The van der Waals surface area contributed by atoms with Crippen molar-refractivity contribution in [2.45, 2.75) is 90.3 Å². The van der Waals surface area contributed by atoms with Crippen molar-refractivity contribution in [2.24, 2.45) is 17.6 Å². The number of piperidine rings is 1. The monoisotopic (exact) mass is 526 g/mol. The number of carbonyl (C=O) groups is 3. The zero-order chi connectivity index (χ0) is 27.4. The van der Waals surface area contributed by atoms with E-state index in [0.717, 1.165) is 44.5 Å². The predicted molar refractivity (Wildman–Crippen MR) is 149 cm³/mol. The van der Waals surface area contributed by atoms with Gasteiger partial charge in [0, 0.05) is 50.2 Å². The highest BCUT2D eigenvalue weighted by Gasteiger charge is 2.41. The highest BCUT2D eigenvalue weighted by molar-refractivity contribution is 5.91. The van der Waals surface area contributed by atoms with E-state index >= 15 is 0 Å². The summed E-state index contributed by atoms with van der Waals surface area (Å²) in [6, 6.07) is 8.43. The SMILES string of the molecule is CC[C@@H]1CCCN(C(=O)OC(C)(C)C)[C@@H]1C(=O)C[C@@H](Cc1ccc(N2CCN3CCCC3C2)cc1)C(N)=O. The lowest BCUT2D eigenvalue weighted by Crippen LogP contribution is -2.54. The zero-order valence-electron chi connectivity index (χ0n) is 23.7. The molecular formula is C30H46N4O4. The van der Waals surface area contributed by atoms with Crippen LogP contribution in [0.25, 0.3) is 0 Å². The summed E-state index contributed by atoms with van der Waals surface area (Å²) in [4.78, 5) is 45.7. The molecule has 8 nitrogen and oxygen atoms in total. The van der Waals surface area contributed by atoms with Crippen molar-refractivity contribution in [3.63, 3.8) is 0 Å². The second kappa shape index (κ2) is 12.1. The van der Waals surface area contributed by atoms with Crippen LogP contribution >= 0.6 is 0 Å². The summed E-state index contributed by atoms with van der Waals surface area (Å²) in [5, 5.41) is 0. The number of amides is 2. The van der Waals surface area contributed by atoms with Crippen LogP contribution in [0.5, 0.6) is 0 Å². The van der Waals surface area contributed by atoms with E-state index in [1.54, 1.807) is 4.90 Å². The van der Waals surface area contributed by atoms with Gasteiger partial charge in [-0.05, 0) is 83.0 Å². The van der Waals surface area contributed by atoms with Crippen LogP contribution in [0.15, 0.2) is 24.3 Å². The number of piperazine rings is 1. The van der Waals surface area contributed by atoms with Crippen LogP contribution in [-0.4, -0.2) is 78.0 Å². The predicted octanol–water partition coefficient (Wildman–Crippen LogP) is 4.00. The Morgan fingerprint density at radius 2 is 1.74 bits per heavy atom. The Morgan fingerprint density at radius 1 is 1.03 bits per heavy atom. The standard InChI is InChI=1S/C30H46N4O4/c1-5-22-8-6-15-34(29(37)38-30(2,3)4)27(22)26(35)19-23(28(31)36)18-21-10-12-24(13-11-21)33-17-16-32-14-7-9-25(32)20-33/h10-13,22-23,25,27H,5-9,14-20H2,1-4H3,(H2,31,36)/t22-,23-,25?,27+/m1/s1. The Morgan fingerprint density at radius 3 is 2.39 bits per heavy atom. The van der Waals surface area contributed by atoms with Crippen molar-refractivity contribution in [3.05, 3.63) is 29.8 Å². The molecule has 0 aliphatic carbocycles. The quantitative estimate of drug-likeness (QED) is 0.550. The molecule has 3 aliphatic heterocycles. The molecule has 210 valence electrons. The van der Waals surface area contributed by atoms with Gasteiger partial charge in [0.2, 0.25) is 5.91 Å². The Balaban J connectivity index is 1.42. The summed E-state index contributed by atoms with van der Waals surface area (Å²) in [5.41, 5.74) is 7.34. The molecule has 8 heteroatoms. The number of ether oxygens (including phenoxy) is 1. The summed E-state index contributed by atoms with van der Waals surface area (Å²) in [7, 11) is 0. The van der Waals surface area contributed by atoms with E-state index in [-0.39, 0.29) is 18.1 Å². The fourth-order valence-electron chi connectivity index (χ4n) is 6.45. The number of benzene rings is 1. The maximum absolute atomic E-state index is 13.6. The van der Waals surface area contributed by atoms with E-state index < -0.39 is 29.6 Å². The number of fused-ring (bicyclic) bond motifs is 1. The Kier molecular flexibility index (Phi) is 9.01. The first-order valence-corrected chi connectivity index (χ1v) is 14.4. The van der Waals surface area contributed by atoms with Gasteiger partial charge in [0.25, 0.3) is 0 Å². The van der Waals surface area contributed by atoms with E-state index in [9.17, 15) is 14.4 Å². The first-order chi connectivity index (χ1) is 18.1. The van der Waals surface area contributed by atoms with Gasteiger partial charge in [-0.15, -0.1) is 0 Å². The second-order valence-electron chi connectivity index (χ2n) is 12.3. The van der Waals surface area contributed by atoms with E-state index in [1.165, 1.54) is 25.1 Å². The normalized spacial score (nSPS) is 25.1. The minimum Gasteiger partial charge on any atom is -0.444 e. The van der Waals surface area contributed by atoms with Crippen LogP contribution in [-0.2, 0) is 20.7 Å². The van der Waals surface area contributed by atoms with Gasteiger partial charge < -0.3 is 15.4 Å². The molecule has 1 aromatic rings. The second-order valence-corrected chi connectivity index (χ2v) is 12.3. The number of ketones is 1. The fourth-order valence-corrected chi connectivity index (χ4v) is 6.45. The average Bonchev–Trinajstić information content (AvgIpc) is 3.35. The number of hydrogen-bond acceptors (Lipinski definition) is 6. The fraction of sp³-hybridized carbons (Fsp3) is 0.700. The lowest BCUT2D eigenvalue weighted by Gasteiger charge is -2.41. The number of Topliss-reactive ketones (excluding diaryl/α,β-unsaturated/α-hetero) is 1. The summed E-state index contributed by atoms with van der Waals surface area (Å²) in [5.74, 6) is -1.14. The maximum Gasteiger partial charge on any atom is 0.410 e. The van der Waals surface area contributed by atoms with Crippen LogP contribution in [0.3, 0.4) is 0 Å². The lowest BCUT2D eigenvalue weighted by molar-refractivity contribution is -0.132. The number of carbonyl (C=O) groups excluding carboxylic acids is 3. The molecule has 2 amide bonds. The first kappa shape index (κ1) is 28.4. The first-order valence-electron chi connectivity index (χ1n) is 14.4. The van der Waals surface area contributed by atoms with Crippen molar-refractivity contribution in [1.82, 2.24) is 9.80 Å². The summed E-state index contributed by atoms with van der Waals surface area (Å²) < 4.78 is 5.62. The van der Waals surface area contributed by atoms with Gasteiger partial charge in [-0.1, -0.05) is 25.5 Å². The van der Waals surface area contributed by atoms with Gasteiger partial charge in [0.1, 0.15) is 5.60 Å². The van der Waals surface area contributed by atoms with Gasteiger partial charge in [0.05, 0.1) is 6.04 Å². The molecule has 0 spiro atoms. The van der Waals surface area contributed by atoms with Crippen molar-refractivity contribution < 1.29 is 19.1 Å². The number of primary amides is 1. The molecule has 2 N–H and O–H groups in total. The van der Waals surface area contributed by atoms with E-state index in [1.807, 2.05) is 27.7 Å². The number of nitrogens with zero attached hydrogens (tertiary/aromatic N) is 3. The molecule has 1 unspecified atom stereocenters. The maximum atomic E-state index is 13.6. The van der Waals surface area contributed by atoms with Crippen molar-refractivity contribution in [3.8, 4) is 0 Å². The summed E-state index contributed by atoms with van der Waals surface area (Å²) >= 11 is 0. The highest BCUT2D eigenvalue weighted by atomic mass is 16.6. The molecule has 0 aromatic heterocycles. The molecule has 3 aliphatic rings. The molecule has 4 rings (SSSR count). The highest BCUT2D eigenvalue weighted by Crippen LogP contribution is 2.31. The van der Waals surface area contributed by atoms with Crippen LogP contribution in [0.4, 0.5) is 10.5 Å². The Hall–Kier alpha value is -2.61. The summed E-state index contributed by atoms with van der Waals surface area (Å²) in [6.07, 6.45) is 5.04. The number of hydrogen-bond donors (Lipinski definition) is 1. The van der Waals surface area contributed by atoms with Crippen LogP contribution < -0.4 is 10.6 Å². The van der Waals surface area contributed by atoms with E-state index in [4.69, 9.17) is 10.5 Å². The average molecular weight is 527 g/mol. The smallest absolute Gasteiger partial charge is 0.410 e.